The molecule has 6 heteroatoms. The van der Waals surface area contributed by atoms with Gasteiger partial charge in [0.1, 0.15) is 23.0 Å². The zero-order valence-electron chi connectivity index (χ0n) is 36.2. The number of hydrogen-bond acceptors (Lipinski definition) is 4. The molecule has 64 heavy (non-hydrogen) atoms. The van der Waals surface area contributed by atoms with Gasteiger partial charge in [-0.25, -0.2) is 0 Å². The molecule has 2 aromatic heterocycles. The quantitative estimate of drug-likeness (QED) is 0.144. The lowest BCUT2D eigenvalue weighted by molar-refractivity contribution is 0.105. The lowest BCUT2D eigenvalue weighted by atomic mass is 9.80. The van der Waals surface area contributed by atoms with Gasteiger partial charge in [0.15, 0.2) is 0 Å². The summed E-state index contributed by atoms with van der Waals surface area (Å²) in [6, 6.07) is 57.9. The predicted molar refractivity (Wildman–Crippen MR) is 262 cm³/mol. The summed E-state index contributed by atoms with van der Waals surface area (Å²) >= 11 is 0. The van der Waals surface area contributed by atoms with Crippen molar-refractivity contribution in [2.24, 2.45) is 11.8 Å². The summed E-state index contributed by atoms with van der Waals surface area (Å²) in [5.41, 5.74) is 11.0. The van der Waals surface area contributed by atoms with Crippen LogP contribution in [0.2, 0.25) is 0 Å². The van der Waals surface area contributed by atoms with Crippen LogP contribution in [0.4, 0.5) is 0 Å². The van der Waals surface area contributed by atoms with Crippen molar-refractivity contribution in [1.82, 2.24) is 9.13 Å². The minimum Gasteiger partial charge on any atom is -0.505 e. The van der Waals surface area contributed by atoms with E-state index in [0.717, 1.165) is 126 Å². The van der Waals surface area contributed by atoms with E-state index in [9.17, 15) is 10.2 Å². The number of para-hydroxylation sites is 6. The first-order valence-corrected chi connectivity index (χ1v) is 22.5. The van der Waals surface area contributed by atoms with E-state index in [1.54, 1.807) is 0 Å². The van der Waals surface area contributed by atoms with Crippen molar-refractivity contribution in [3.63, 3.8) is 0 Å². The molecule has 0 saturated heterocycles. The van der Waals surface area contributed by atoms with Crippen LogP contribution in [0.5, 0.6) is 23.0 Å². The van der Waals surface area contributed by atoms with Crippen LogP contribution in [-0.4, -0.2) is 32.6 Å². The number of aromatic nitrogens is 2. The summed E-state index contributed by atoms with van der Waals surface area (Å²) < 4.78 is 18.0. The first-order valence-electron chi connectivity index (χ1n) is 22.5. The van der Waals surface area contributed by atoms with Crippen LogP contribution in [0, 0.1) is 25.7 Å². The monoisotopic (exact) mass is 838 g/mol. The Bertz CT molecular complexity index is 3040. The van der Waals surface area contributed by atoms with Crippen molar-refractivity contribution >= 4 is 43.6 Å². The normalized spacial score (nSPS) is 15.3. The van der Waals surface area contributed by atoms with Gasteiger partial charge in [0.2, 0.25) is 0 Å². The first-order chi connectivity index (χ1) is 31.4. The molecule has 1 aliphatic rings. The highest BCUT2D eigenvalue weighted by Crippen LogP contribution is 2.45. The van der Waals surface area contributed by atoms with Crippen molar-refractivity contribution in [3.05, 3.63) is 181 Å². The first kappa shape index (κ1) is 39.4. The number of hydrogen-bond donors (Lipinski definition) is 2. The van der Waals surface area contributed by atoms with Crippen molar-refractivity contribution in [2.75, 3.05) is 13.2 Å². The summed E-state index contributed by atoms with van der Waals surface area (Å²) in [6.07, 6.45) is 4.39. The number of ether oxygens (including phenoxy) is 2. The van der Waals surface area contributed by atoms with Crippen molar-refractivity contribution in [1.29, 1.82) is 0 Å². The molecule has 6 nitrogen and oxygen atoms in total. The third kappa shape index (κ3) is 6.81. The zero-order chi connectivity index (χ0) is 43.3. The molecule has 0 amide bonds. The highest BCUT2D eigenvalue weighted by atomic mass is 16.5. The number of aryl methyl sites for hydroxylation is 2. The second-order valence-corrected chi connectivity index (χ2v) is 17.5. The van der Waals surface area contributed by atoms with E-state index in [0.29, 0.717) is 13.2 Å². The van der Waals surface area contributed by atoms with E-state index in [1.165, 1.54) is 0 Å². The summed E-state index contributed by atoms with van der Waals surface area (Å²) in [6.45, 7) is 5.25. The molecule has 0 bridgehead atoms. The van der Waals surface area contributed by atoms with E-state index in [2.05, 4.69) is 144 Å². The molecule has 10 aromatic rings. The number of aromatic hydroxyl groups is 2. The maximum Gasteiger partial charge on any atom is 0.147 e. The molecule has 2 heterocycles. The lowest BCUT2D eigenvalue weighted by Gasteiger charge is -2.32. The molecule has 0 spiro atoms. The van der Waals surface area contributed by atoms with Crippen molar-refractivity contribution in [3.8, 4) is 56.6 Å². The fourth-order valence-electron chi connectivity index (χ4n) is 10.4. The predicted octanol–water partition coefficient (Wildman–Crippen LogP) is 14.5. The molecular formula is C58H50N2O4. The molecule has 8 aromatic carbocycles. The van der Waals surface area contributed by atoms with E-state index in [-0.39, 0.29) is 23.3 Å². The summed E-state index contributed by atoms with van der Waals surface area (Å²) in [5.74, 6) is 2.50. The van der Waals surface area contributed by atoms with Gasteiger partial charge in [0, 0.05) is 43.8 Å². The second kappa shape index (κ2) is 16.4. The van der Waals surface area contributed by atoms with Crippen LogP contribution < -0.4 is 9.47 Å². The minimum absolute atomic E-state index is 0.220. The lowest BCUT2D eigenvalue weighted by Crippen LogP contribution is -2.30. The van der Waals surface area contributed by atoms with Crippen LogP contribution >= 0.6 is 0 Å². The molecule has 11 rings (SSSR count). The van der Waals surface area contributed by atoms with Gasteiger partial charge in [-0.05, 0) is 110 Å². The topological polar surface area (TPSA) is 68.8 Å². The number of phenols is 2. The number of phenolic OH excluding ortho intramolecular Hbond substituents is 2. The average molecular weight is 839 g/mol. The molecule has 1 aliphatic carbocycles. The molecule has 1 unspecified atom stereocenters. The zero-order valence-corrected chi connectivity index (χ0v) is 36.2. The Labute approximate surface area is 373 Å². The standard InChI is InChI=1S/C58H50N2O4/c1-37-31-47(57(61)53(33-37)59-49-25-11-5-19-41(49)42-20-6-12-26-50(42)59)45-23-9-15-29-55(45)63-35-39-17-3-4-18-40(39)36-64-56-30-16-10-24-46(56)48-32-38(2)34-54(58(48)62)60-51-27-13-7-21-43(51)44-22-8-14-28-52(44)60/h5-16,19-34,39-40,61-62H,3-4,17-18,35-36H2,1-2H3/t39-,40?/m0/s1. The molecule has 316 valence electrons. The largest absolute Gasteiger partial charge is 0.505 e. The molecule has 0 aliphatic heterocycles. The third-order valence-electron chi connectivity index (χ3n) is 13.4. The van der Waals surface area contributed by atoms with Gasteiger partial charge in [-0.1, -0.05) is 122 Å². The Morgan fingerprint density at radius 3 is 1.12 bits per heavy atom. The smallest absolute Gasteiger partial charge is 0.147 e. The van der Waals surface area contributed by atoms with Gasteiger partial charge in [-0.2, -0.15) is 0 Å². The van der Waals surface area contributed by atoms with Gasteiger partial charge in [-0.3, -0.25) is 0 Å². The average Bonchev–Trinajstić information content (AvgIpc) is 3.85. The van der Waals surface area contributed by atoms with E-state index in [4.69, 9.17) is 9.47 Å². The maximum atomic E-state index is 12.2. The third-order valence-corrected chi connectivity index (χ3v) is 13.4. The fourth-order valence-corrected chi connectivity index (χ4v) is 10.4. The Balaban J connectivity index is 0.868. The second-order valence-electron chi connectivity index (χ2n) is 17.5. The van der Waals surface area contributed by atoms with Crippen LogP contribution in [0.1, 0.15) is 36.8 Å². The number of rotatable bonds is 10. The number of fused-ring (bicyclic) bond motifs is 6. The van der Waals surface area contributed by atoms with Gasteiger partial charge in [0.25, 0.3) is 0 Å². The highest BCUT2D eigenvalue weighted by molar-refractivity contribution is 6.10. The molecule has 1 saturated carbocycles. The van der Waals surface area contributed by atoms with Crippen LogP contribution in [0.3, 0.4) is 0 Å². The van der Waals surface area contributed by atoms with Crippen molar-refractivity contribution in [2.45, 2.75) is 39.5 Å². The number of nitrogens with zero attached hydrogens (tertiary/aromatic N) is 2. The van der Waals surface area contributed by atoms with Crippen LogP contribution in [0.25, 0.3) is 77.2 Å². The Morgan fingerprint density at radius 2 is 0.750 bits per heavy atom. The van der Waals surface area contributed by atoms with Gasteiger partial charge in [0.05, 0.1) is 46.7 Å². The van der Waals surface area contributed by atoms with E-state index < -0.39 is 0 Å². The maximum absolute atomic E-state index is 12.2. The summed E-state index contributed by atoms with van der Waals surface area (Å²) in [5, 5.41) is 29.0. The number of benzene rings is 8. The van der Waals surface area contributed by atoms with Gasteiger partial charge in [-0.15, -0.1) is 0 Å². The molecule has 1 fully saturated rings. The molecular weight excluding hydrogens is 789 g/mol. The summed E-state index contributed by atoms with van der Waals surface area (Å²) in [7, 11) is 0. The summed E-state index contributed by atoms with van der Waals surface area (Å²) in [4.78, 5) is 0. The van der Waals surface area contributed by atoms with E-state index in [1.807, 2.05) is 48.5 Å². The molecule has 0 radical (unpaired) electrons. The van der Waals surface area contributed by atoms with Crippen LogP contribution in [-0.2, 0) is 0 Å². The van der Waals surface area contributed by atoms with E-state index >= 15 is 0 Å². The van der Waals surface area contributed by atoms with Gasteiger partial charge >= 0.3 is 0 Å². The highest BCUT2D eigenvalue weighted by Gasteiger charge is 2.28. The SMILES string of the molecule is Cc1cc(-c2ccccc2OCC2CCCC[C@H]2COc2ccccc2-c2cc(C)cc(-n3c4ccccc4c4ccccc43)c2O)c(O)c(-n2c3ccccc3c3ccccc32)c1. The molecule has 2 atom stereocenters. The van der Waals surface area contributed by atoms with Crippen LogP contribution in [0.15, 0.2) is 170 Å². The van der Waals surface area contributed by atoms with Gasteiger partial charge < -0.3 is 28.8 Å². The Kier molecular flexibility index (Phi) is 10.1. The Hall–Kier alpha value is -7.44. The fraction of sp³-hybridized carbons (Fsp3) is 0.172. The van der Waals surface area contributed by atoms with Crippen molar-refractivity contribution < 1.29 is 19.7 Å². The molecule has 2 N–H and O–H groups in total. The Morgan fingerprint density at radius 1 is 0.422 bits per heavy atom. The minimum atomic E-state index is 0.220.